The van der Waals surface area contributed by atoms with Gasteiger partial charge in [0.2, 0.25) is 0 Å². The summed E-state index contributed by atoms with van der Waals surface area (Å²) in [5.74, 6) is 0.845. The molecule has 0 saturated carbocycles. The van der Waals surface area contributed by atoms with Gasteiger partial charge in [-0.05, 0) is 47.5 Å². The minimum Gasteiger partial charge on any atom is -0.497 e. The molecule has 0 radical (unpaired) electrons. The highest BCUT2D eigenvalue weighted by Gasteiger charge is 2.25. The third-order valence-electron chi connectivity index (χ3n) is 3.66. The van der Waals surface area contributed by atoms with Crippen molar-refractivity contribution in [1.82, 2.24) is 0 Å². The van der Waals surface area contributed by atoms with Gasteiger partial charge in [-0.15, -0.1) is 0 Å². The van der Waals surface area contributed by atoms with Crippen LogP contribution in [0.25, 0.3) is 6.08 Å². The van der Waals surface area contributed by atoms with Crippen molar-refractivity contribution in [3.8, 4) is 5.75 Å². The van der Waals surface area contributed by atoms with E-state index in [1.807, 2.05) is 54.6 Å². The molecule has 4 heteroatoms. The quantitative estimate of drug-likeness (QED) is 0.756. The third-order valence-corrected chi connectivity index (χ3v) is 3.66. The molecule has 0 amide bonds. The van der Waals surface area contributed by atoms with E-state index in [4.69, 9.17) is 16.2 Å². The second-order valence-electron chi connectivity index (χ2n) is 5.37. The van der Waals surface area contributed by atoms with E-state index in [0.717, 1.165) is 28.3 Å². The molecule has 0 saturated heterocycles. The molecule has 0 fully saturated rings. The van der Waals surface area contributed by atoms with Crippen LogP contribution in [0.5, 0.6) is 5.75 Å². The van der Waals surface area contributed by atoms with Crippen LogP contribution in [-0.2, 0) is 6.42 Å². The van der Waals surface area contributed by atoms with E-state index in [1.54, 1.807) is 7.11 Å². The van der Waals surface area contributed by atoms with Crippen molar-refractivity contribution in [1.29, 1.82) is 0 Å². The van der Waals surface area contributed by atoms with Gasteiger partial charge in [-0.2, -0.15) is 0 Å². The van der Waals surface area contributed by atoms with E-state index in [2.05, 4.69) is 5.32 Å². The summed E-state index contributed by atoms with van der Waals surface area (Å²) in [5.41, 5.74) is 15.6. The van der Waals surface area contributed by atoms with Crippen LogP contribution in [0.1, 0.15) is 11.1 Å². The molecule has 2 aromatic rings. The lowest BCUT2D eigenvalue weighted by atomic mass is 9.94. The topological polar surface area (TPSA) is 73.3 Å². The zero-order valence-electron chi connectivity index (χ0n) is 12.0. The van der Waals surface area contributed by atoms with Gasteiger partial charge in [0, 0.05) is 17.8 Å². The van der Waals surface area contributed by atoms with Gasteiger partial charge >= 0.3 is 0 Å². The first kappa shape index (κ1) is 13.5. The molecule has 0 bridgehead atoms. The van der Waals surface area contributed by atoms with Gasteiger partial charge in [0.25, 0.3) is 0 Å². The Bertz CT molecular complexity index is 679. The maximum absolute atomic E-state index is 6.45. The average Bonchev–Trinajstić information content (AvgIpc) is 2.48. The number of methoxy groups -OCH3 is 1. The number of fused-ring (bicyclic) bond motifs is 1. The second kappa shape index (κ2) is 5.14. The molecule has 108 valence electrons. The highest BCUT2D eigenvalue weighted by Crippen LogP contribution is 2.29. The monoisotopic (exact) mass is 281 g/mol. The van der Waals surface area contributed by atoms with Crippen molar-refractivity contribution < 1.29 is 4.74 Å². The van der Waals surface area contributed by atoms with Crippen molar-refractivity contribution in [3.05, 3.63) is 59.7 Å². The summed E-state index contributed by atoms with van der Waals surface area (Å²) in [5, 5.41) is 3.38. The molecule has 0 aliphatic carbocycles. The molecule has 0 spiro atoms. The fraction of sp³-hybridized carbons (Fsp3) is 0.176. The van der Waals surface area contributed by atoms with Gasteiger partial charge in [0.05, 0.1) is 7.11 Å². The molecular formula is C17H19N3O. The van der Waals surface area contributed by atoms with E-state index < -0.39 is 5.66 Å². The summed E-state index contributed by atoms with van der Waals surface area (Å²) in [7, 11) is 1.66. The molecule has 5 N–H and O–H groups in total. The van der Waals surface area contributed by atoms with Gasteiger partial charge in [-0.3, -0.25) is 0 Å². The summed E-state index contributed by atoms with van der Waals surface area (Å²) in [6, 6.07) is 13.7. The third kappa shape index (κ3) is 2.85. The summed E-state index contributed by atoms with van der Waals surface area (Å²) >= 11 is 0. The Morgan fingerprint density at radius 3 is 2.62 bits per heavy atom. The lowest BCUT2D eigenvalue weighted by Crippen LogP contribution is -2.49. The summed E-state index contributed by atoms with van der Waals surface area (Å²) in [6.45, 7) is 0. The molecule has 4 nitrogen and oxygen atoms in total. The van der Waals surface area contributed by atoms with Crippen LogP contribution < -0.4 is 21.5 Å². The van der Waals surface area contributed by atoms with Crippen LogP contribution in [0.15, 0.2) is 48.5 Å². The van der Waals surface area contributed by atoms with Crippen LogP contribution in [0.3, 0.4) is 0 Å². The summed E-state index contributed by atoms with van der Waals surface area (Å²) in [4.78, 5) is 0. The lowest BCUT2D eigenvalue weighted by molar-refractivity contribution is 0.414. The summed E-state index contributed by atoms with van der Waals surface area (Å²) in [6.07, 6.45) is 4.70. The van der Waals surface area contributed by atoms with Gasteiger partial charge in [-0.1, -0.05) is 18.2 Å². The number of nitrogens with one attached hydrogen (secondary N) is 1. The minimum absolute atomic E-state index is 0.600. The SMILES string of the molecule is COc1ccc(CC2(N)C=Cc3cc(N)ccc3N2)cc1. The lowest BCUT2D eigenvalue weighted by Gasteiger charge is -2.33. The van der Waals surface area contributed by atoms with E-state index in [1.165, 1.54) is 0 Å². The van der Waals surface area contributed by atoms with Crippen LogP contribution in [0.2, 0.25) is 0 Å². The predicted molar refractivity (Wildman–Crippen MR) is 87.1 cm³/mol. The molecule has 21 heavy (non-hydrogen) atoms. The predicted octanol–water partition coefficient (Wildman–Crippen LogP) is 2.61. The molecule has 3 rings (SSSR count). The normalized spacial score (nSPS) is 19.7. The van der Waals surface area contributed by atoms with E-state index in [9.17, 15) is 0 Å². The Morgan fingerprint density at radius 1 is 1.14 bits per heavy atom. The van der Waals surface area contributed by atoms with E-state index in [0.29, 0.717) is 6.42 Å². The molecule has 2 aromatic carbocycles. The Morgan fingerprint density at radius 2 is 1.90 bits per heavy atom. The van der Waals surface area contributed by atoms with Gasteiger partial charge in [-0.25, -0.2) is 0 Å². The maximum Gasteiger partial charge on any atom is 0.118 e. The van der Waals surface area contributed by atoms with Crippen LogP contribution >= 0.6 is 0 Å². The number of rotatable bonds is 3. The molecule has 1 aliphatic heterocycles. The van der Waals surface area contributed by atoms with Gasteiger partial charge in [0.1, 0.15) is 11.4 Å². The fourth-order valence-corrected chi connectivity index (χ4v) is 2.55. The van der Waals surface area contributed by atoms with Crippen molar-refractivity contribution in [2.24, 2.45) is 5.73 Å². The first-order valence-electron chi connectivity index (χ1n) is 6.87. The van der Waals surface area contributed by atoms with Crippen molar-refractivity contribution >= 4 is 17.5 Å². The number of hydrogen-bond acceptors (Lipinski definition) is 4. The van der Waals surface area contributed by atoms with Crippen LogP contribution in [-0.4, -0.2) is 12.8 Å². The molecule has 1 heterocycles. The van der Waals surface area contributed by atoms with Crippen molar-refractivity contribution in [2.45, 2.75) is 12.1 Å². The van der Waals surface area contributed by atoms with Crippen molar-refractivity contribution in [3.63, 3.8) is 0 Å². The average molecular weight is 281 g/mol. The van der Waals surface area contributed by atoms with E-state index >= 15 is 0 Å². The highest BCUT2D eigenvalue weighted by atomic mass is 16.5. The van der Waals surface area contributed by atoms with Crippen molar-refractivity contribution in [2.75, 3.05) is 18.2 Å². The number of ether oxygens (including phenoxy) is 1. The van der Waals surface area contributed by atoms with E-state index in [-0.39, 0.29) is 0 Å². The highest BCUT2D eigenvalue weighted by molar-refractivity contribution is 5.75. The Balaban J connectivity index is 1.81. The first-order chi connectivity index (χ1) is 10.1. The molecule has 1 aliphatic rings. The second-order valence-corrected chi connectivity index (χ2v) is 5.37. The minimum atomic E-state index is -0.600. The first-order valence-corrected chi connectivity index (χ1v) is 6.87. The summed E-state index contributed by atoms with van der Waals surface area (Å²) < 4.78 is 5.17. The Hall–Kier alpha value is -2.46. The standard InChI is InChI=1S/C17H19N3O/c1-21-15-5-2-12(3-6-15)11-17(19)9-8-13-10-14(18)4-7-16(13)20-17/h2-10,20H,11,18-19H2,1H3. The molecule has 1 atom stereocenters. The Kier molecular flexibility index (Phi) is 3.31. The largest absolute Gasteiger partial charge is 0.497 e. The number of benzene rings is 2. The number of anilines is 2. The molecular weight excluding hydrogens is 262 g/mol. The molecule has 1 unspecified atom stereocenters. The Labute approximate surface area is 124 Å². The zero-order chi connectivity index (χ0) is 14.9. The van der Waals surface area contributed by atoms with Gasteiger partial charge < -0.3 is 21.5 Å². The number of hydrogen-bond donors (Lipinski definition) is 3. The van der Waals surface area contributed by atoms with Crippen LogP contribution in [0, 0.1) is 0 Å². The zero-order valence-corrected chi connectivity index (χ0v) is 12.0. The number of nitrogen functional groups attached to an aromatic ring is 1. The maximum atomic E-state index is 6.45. The fourth-order valence-electron chi connectivity index (χ4n) is 2.55. The van der Waals surface area contributed by atoms with Gasteiger partial charge in [0.15, 0.2) is 0 Å². The number of nitrogens with two attached hydrogens (primary N) is 2. The molecule has 0 aromatic heterocycles. The smallest absolute Gasteiger partial charge is 0.118 e. The van der Waals surface area contributed by atoms with Crippen LogP contribution in [0.4, 0.5) is 11.4 Å².